The number of hydrogen-bond acceptors (Lipinski definition) is 3. The van der Waals surface area contributed by atoms with E-state index in [1.807, 2.05) is 24.4 Å². The van der Waals surface area contributed by atoms with Crippen molar-refractivity contribution in [3.63, 3.8) is 0 Å². The van der Waals surface area contributed by atoms with Crippen LogP contribution in [0.25, 0.3) is 22.3 Å². The number of nitrogens with zero attached hydrogens (tertiary/aromatic N) is 2. The average Bonchev–Trinajstić information content (AvgIpc) is 2.77. The number of thiophene rings is 1. The van der Waals surface area contributed by atoms with E-state index in [2.05, 4.69) is 15.3 Å². The molecule has 0 saturated carbocycles. The quantitative estimate of drug-likeness (QED) is 0.592. The van der Waals surface area contributed by atoms with Gasteiger partial charge in [0.15, 0.2) is 5.82 Å². The van der Waals surface area contributed by atoms with Crippen LogP contribution in [0.2, 0.25) is 10.2 Å². The van der Waals surface area contributed by atoms with Crippen LogP contribution in [-0.4, -0.2) is 9.97 Å². The Morgan fingerprint density at radius 1 is 1.11 bits per heavy atom. The number of rotatable bonds is 1. The first-order chi connectivity index (χ1) is 8.66. The molecule has 3 rings (SSSR count). The molecule has 0 fully saturated rings. The van der Waals surface area contributed by atoms with Gasteiger partial charge in [-0.2, -0.15) is 11.3 Å². The lowest BCUT2D eigenvalue weighted by Gasteiger charge is -2.05. The van der Waals surface area contributed by atoms with E-state index >= 15 is 0 Å². The maximum absolute atomic E-state index is 6.20. The van der Waals surface area contributed by atoms with Crippen molar-refractivity contribution in [2.45, 2.75) is 6.92 Å². The van der Waals surface area contributed by atoms with Crippen LogP contribution < -0.4 is 0 Å². The van der Waals surface area contributed by atoms with Crippen LogP contribution in [0.1, 0.15) is 5.56 Å². The molecule has 1 aromatic carbocycles. The van der Waals surface area contributed by atoms with E-state index < -0.39 is 0 Å². The number of fused-ring (bicyclic) bond motifs is 1. The number of para-hydroxylation sites is 1. The summed E-state index contributed by atoms with van der Waals surface area (Å²) < 4.78 is 0. The zero-order valence-electron chi connectivity index (χ0n) is 9.45. The molecule has 0 bridgehead atoms. The summed E-state index contributed by atoms with van der Waals surface area (Å²) in [6, 6.07) is 5.51. The second kappa shape index (κ2) is 4.50. The fourth-order valence-corrected chi connectivity index (χ4v) is 3.07. The number of halogens is 2. The normalized spacial score (nSPS) is 11.1. The third-order valence-corrected chi connectivity index (χ3v) is 4.18. The molecule has 5 heteroatoms. The highest BCUT2D eigenvalue weighted by molar-refractivity contribution is 7.08. The van der Waals surface area contributed by atoms with Gasteiger partial charge in [-0.15, -0.1) is 0 Å². The summed E-state index contributed by atoms with van der Waals surface area (Å²) in [5.74, 6) is 0.624. The zero-order chi connectivity index (χ0) is 12.7. The van der Waals surface area contributed by atoms with Gasteiger partial charge in [0.25, 0.3) is 0 Å². The summed E-state index contributed by atoms with van der Waals surface area (Å²) in [5.41, 5.74) is 2.84. The first kappa shape index (κ1) is 11.9. The molecular formula is C13H8Cl2N2S. The van der Waals surface area contributed by atoms with E-state index in [1.165, 1.54) is 0 Å². The van der Waals surface area contributed by atoms with Gasteiger partial charge >= 0.3 is 0 Å². The molecule has 0 N–H and O–H groups in total. The molecule has 0 spiro atoms. The third-order valence-electron chi connectivity index (χ3n) is 2.73. The van der Waals surface area contributed by atoms with Crippen LogP contribution in [0, 0.1) is 6.92 Å². The Balaban J connectivity index is 2.34. The second-order valence-corrected chi connectivity index (χ2v) is 5.45. The monoisotopic (exact) mass is 294 g/mol. The molecule has 90 valence electrons. The fraction of sp³-hybridized carbons (Fsp3) is 0.0769. The minimum absolute atomic E-state index is 0.433. The van der Waals surface area contributed by atoms with Crippen LogP contribution in [0.5, 0.6) is 0 Å². The summed E-state index contributed by atoms with van der Waals surface area (Å²) in [4.78, 5) is 8.87. The molecule has 2 heterocycles. The highest BCUT2D eigenvalue weighted by atomic mass is 35.5. The molecule has 0 amide bonds. The maximum Gasteiger partial charge on any atom is 0.162 e. The Labute approximate surface area is 118 Å². The Morgan fingerprint density at radius 3 is 2.67 bits per heavy atom. The lowest BCUT2D eigenvalue weighted by Crippen LogP contribution is -1.92. The van der Waals surface area contributed by atoms with Gasteiger partial charge in [0.2, 0.25) is 0 Å². The van der Waals surface area contributed by atoms with Crippen molar-refractivity contribution >= 4 is 45.4 Å². The smallest absolute Gasteiger partial charge is 0.162 e. The molecule has 2 aromatic heterocycles. The SMILES string of the molecule is Cc1cscc1-c1nc(Cl)c2cccc(Cl)c2n1. The molecule has 0 atom stereocenters. The van der Waals surface area contributed by atoms with Crippen LogP contribution in [-0.2, 0) is 0 Å². The number of hydrogen-bond donors (Lipinski definition) is 0. The van der Waals surface area contributed by atoms with Gasteiger partial charge in [-0.3, -0.25) is 0 Å². The molecule has 0 unspecified atom stereocenters. The molecular weight excluding hydrogens is 287 g/mol. The van der Waals surface area contributed by atoms with Gasteiger partial charge in [-0.05, 0) is 30.0 Å². The lowest BCUT2D eigenvalue weighted by atomic mass is 10.2. The van der Waals surface area contributed by atoms with Gasteiger partial charge in [0.1, 0.15) is 5.15 Å². The zero-order valence-corrected chi connectivity index (χ0v) is 11.8. The summed E-state index contributed by atoms with van der Waals surface area (Å²) in [6.07, 6.45) is 0. The van der Waals surface area contributed by atoms with Crippen molar-refractivity contribution in [2.24, 2.45) is 0 Å². The van der Waals surface area contributed by atoms with E-state index in [0.717, 1.165) is 16.5 Å². The van der Waals surface area contributed by atoms with Crippen LogP contribution in [0.15, 0.2) is 29.0 Å². The first-order valence-electron chi connectivity index (χ1n) is 5.32. The highest BCUT2D eigenvalue weighted by Crippen LogP contribution is 2.31. The van der Waals surface area contributed by atoms with E-state index in [4.69, 9.17) is 23.2 Å². The summed E-state index contributed by atoms with van der Waals surface area (Å²) >= 11 is 14.0. The van der Waals surface area contributed by atoms with E-state index in [1.54, 1.807) is 17.4 Å². The standard InChI is InChI=1S/C13H8Cl2N2S/c1-7-5-18-6-9(7)13-16-11-8(12(15)17-13)3-2-4-10(11)14/h2-6H,1H3. The summed E-state index contributed by atoms with van der Waals surface area (Å²) in [7, 11) is 0. The van der Waals surface area contributed by atoms with Crippen LogP contribution in [0.4, 0.5) is 0 Å². The molecule has 0 aliphatic rings. The minimum Gasteiger partial charge on any atom is -0.226 e. The van der Waals surface area contributed by atoms with Crippen molar-refractivity contribution in [3.05, 3.63) is 44.7 Å². The topological polar surface area (TPSA) is 25.8 Å². The molecule has 18 heavy (non-hydrogen) atoms. The third kappa shape index (κ3) is 1.88. The average molecular weight is 295 g/mol. The van der Waals surface area contributed by atoms with Crippen molar-refractivity contribution in [3.8, 4) is 11.4 Å². The molecule has 0 aliphatic carbocycles. The predicted molar refractivity (Wildman–Crippen MR) is 77.6 cm³/mol. The largest absolute Gasteiger partial charge is 0.226 e. The van der Waals surface area contributed by atoms with Gasteiger partial charge < -0.3 is 0 Å². The fourth-order valence-electron chi connectivity index (χ4n) is 1.79. The van der Waals surface area contributed by atoms with Crippen LogP contribution >= 0.6 is 34.5 Å². The Bertz CT molecular complexity index is 737. The van der Waals surface area contributed by atoms with Gasteiger partial charge in [-0.25, -0.2) is 9.97 Å². The molecule has 0 saturated heterocycles. The van der Waals surface area contributed by atoms with E-state index in [9.17, 15) is 0 Å². The van der Waals surface area contributed by atoms with Crippen molar-refractivity contribution in [1.82, 2.24) is 9.97 Å². The Morgan fingerprint density at radius 2 is 1.94 bits per heavy atom. The van der Waals surface area contributed by atoms with Crippen molar-refractivity contribution in [2.75, 3.05) is 0 Å². The summed E-state index contributed by atoms with van der Waals surface area (Å²) in [5, 5.41) is 5.88. The van der Waals surface area contributed by atoms with Crippen molar-refractivity contribution < 1.29 is 0 Å². The van der Waals surface area contributed by atoms with Crippen molar-refractivity contribution in [1.29, 1.82) is 0 Å². The number of aryl methyl sites for hydroxylation is 1. The Hall–Kier alpha value is -1.16. The molecule has 2 nitrogen and oxygen atoms in total. The minimum atomic E-state index is 0.433. The van der Waals surface area contributed by atoms with Gasteiger partial charge in [0.05, 0.1) is 10.5 Å². The van der Waals surface area contributed by atoms with Crippen LogP contribution in [0.3, 0.4) is 0 Å². The molecule has 0 aliphatic heterocycles. The molecule has 0 radical (unpaired) electrons. The van der Waals surface area contributed by atoms with E-state index in [-0.39, 0.29) is 0 Å². The van der Waals surface area contributed by atoms with Gasteiger partial charge in [0, 0.05) is 16.3 Å². The highest BCUT2D eigenvalue weighted by Gasteiger charge is 2.12. The summed E-state index contributed by atoms with van der Waals surface area (Å²) in [6.45, 7) is 2.03. The second-order valence-electron chi connectivity index (χ2n) is 3.94. The lowest BCUT2D eigenvalue weighted by molar-refractivity contribution is 1.22. The first-order valence-corrected chi connectivity index (χ1v) is 7.01. The molecule has 3 aromatic rings. The number of aromatic nitrogens is 2. The maximum atomic E-state index is 6.20. The number of benzene rings is 1. The van der Waals surface area contributed by atoms with E-state index in [0.29, 0.717) is 21.5 Å². The Kier molecular flexibility index (Phi) is 2.98. The van der Waals surface area contributed by atoms with Gasteiger partial charge in [-0.1, -0.05) is 29.3 Å². The predicted octanol–water partition coefficient (Wildman–Crippen LogP) is 4.97.